The van der Waals surface area contributed by atoms with E-state index < -0.39 is 0 Å². The molecule has 2 aromatic carbocycles. The molecule has 0 spiro atoms. The first-order valence-electron chi connectivity index (χ1n) is 5.50. The third-order valence-corrected chi connectivity index (χ3v) is 3.23. The second-order valence-electron chi connectivity index (χ2n) is 3.95. The van der Waals surface area contributed by atoms with E-state index in [9.17, 15) is 8.78 Å². The normalized spacial score (nSPS) is 10.5. The number of alkyl halides is 1. The predicted octanol–water partition coefficient (Wildman–Crippen LogP) is 5.05. The number of halogens is 4. The molecule has 1 nitrogen and oxygen atoms in total. The minimum absolute atomic E-state index is 0.153. The van der Waals surface area contributed by atoms with Crippen molar-refractivity contribution >= 4 is 27.5 Å². The van der Waals surface area contributed by atoms with Crippen LogP contribution in [-0.4, -0.2) is 0 Å². The van der Waals surface area contributed by atoms with Crippen molar-refractivity contribution < 1.29 is 13.5 Å². The Bertz CT molecular complexity index is 569. The molecule has 0 heterocycles. The van der Waals surface area contributed by atoms with Crippen LogP contribution in [-0.2, 0) is 12.5 Å². The van der Waals surface area contributed by atoms with Gasteiger partial charge in [0.15, 0.2) is 0 Å². The smallest absolute Gasteiger partial charge is 0.124 e. The third-order valence-electron chi connectivity index (χ3n) is 2.48. The Kier molecular flexibility index (Phi) is 4.77. The van der Waals surface area contributed by atoms with Crippen molar-refractivity contribution in [3.05, 3.63) is 63.6 Å². The van der Waals surface area contributed by atoms with E-state index in [0.717, 1.165) is 0 Å². The summed E-state index contributed by atoms with van der Waals surface area (Å²) in [5, 5.41) is 0. The van der Waals surface area contributed by atoms with Crippen LogP contribution in [0.25, 0.3) is 0 Å². The van der Waals surface area contributed by atoms with Crippen LogP contribution in [0.3, 0.4) is 0 Å². The van der Waals surface area contributed by atoms with E-state index in [0.29, 0.717) is 21.3 Å². The summed E-state index contributed by atoms with van der Waals surface area (Å²) in [6.07, 6.45) is 0. The molecular formula is C14H10BrClF2O. The second kappa shape index (κ2) is 6.35. The van der Waals surface area contributed by atoms with Gasteiger partial charge in [0.2, 0.25) is 0 Å². The lowest BCUT2D eigenvalue weighted by atomic mass is 10.2. The van der Waals surface area contributed by atoms with Gasteiger partial charge in [-0.2, -0.15) is 0 Å². The highest BCUT2D eigenvalue weighted by atomic mass is 79.9. The average molecular weight is 348 g/mol. The van der Waals surface area contributed by atoms with Crippen molar-refractivity contribution in [1.29, 1.82) is 0 Å². The Morgan fingerprint density at radius 2 is 1.84 bits per heavy atom. The lowest BCUT2D eigenvalue weighted by Crippen LogP contribution is -1.99. The summed E-state index contributed by atoms with van der Waals surface area (Å²) in [5.41, 5.74) is 1.24. The number of hydrogen-bond donors (Lipinski definition) is 0. The van der Waals surface area contributed by atoms with Crippen LogP contribution < -0.4 is 4.74 Å². The fourth-order valence-corrected chi connectivity index (χ4v) is 2.37. The molecule has 0 saturated carbocycles. The van der Waals surface area contributed by atoms with Crippen molar-refractivity contribution in [2.45, 2.75) is 12.5 Å². The Morgan fingerprint density at radius 1 is 1.05 bits per heavy atom. The van der Waals surface area contributed by atoms with E-state index >= 15 is 0 Å². The molecule has 19 heavy (non-hydrogen) atoms. The van der Waals surface area contributed by atoms with Gasteiger partial charge in [-0.15, -0.1) is 11.6 Å². The first kappa shape index (κ1) is 14.3. The van der Waals surface area contributed by atoms with E-state index in [1.165, 1.54) is 30.3 Å². The van der Waals surface area contributed by atoms with Gasteiger partial charge in [-0.1, -0.05) is 15.9 Å². The maximum absolute atomic E-state index is 13.2. The van der Waals surface area contributed by atoms with E-state index in [1.54, 1.807) is 6.07 Å². The molecule has 0 aliphatic carbocycles. The minimum Gasteiger partial charge on any atom is -0.489 e. The van der Waals surface area contributed by atoms with Gasteiger partial charge >= 0.3 is 0 Å². The summed E-state index contributed by atoms with van der Waals surface area (Å²) in [6, 6.07) is 8.64. The molecule has 0 aliphatic heterocycles. The summed E-state index contributed by atoms with van der Waals surface area (Å²) < 4.78 is 32.4. The molecule has 0 saturated heterocycles. The Labute approximate surface area is 123 Å². The summed E-state index contributed by atoms with van der Waals surface area (Å²) >= 11 is 8.93. The summed E-state index contributed by atoms with van der Waals surface area (Å²) in [6.45, 7) is 0.186. The van der Waals surface area contributed by atoms with Crippen LogP contribution in [0.5, 0.6) is 5.75 Å². The van der Waals surface area contributed by atoms with Crippen LogP contribution in [0.15, 0.2) is 40.9 Å². The number of benzene rings is 2. The van der Waals surface area contributed by atoms with E-state index in [1.807, 2.05) is 0 Å². The molecule has 2 rings (SSSR count). The molecule has 0 atom stereocenters. The molecule has 0 aliphatic rings. The number of hydrogen-bond acceptors (Lipinski definition) is 1. The lowest BCUT2D eigenvalue weighted by Gasteiger charge is -2.10. The molecule has 0 amide bonds. The van der Waals surface area contributed by atoms with Crippen molar-refractivity contribution in [2.75, 3.05) is 0 Å². The molecule has 0 N–H and O–H groups in total. The molecule has 0 radical (unpaired) electrons. The van der Waals surface area contributed by atoms with Gasteiger partial charge in [0.25, 0.3) is 0 Å². The Hall–Kier alpha value is -1.13. The van der Waals surface area contributed by atoms with E-state index in [4.69, 9.17) is 16.3 Å². The molecule has 0 fully saturated rings. The zero-order valence-electron chi connectivity index (χ0n) is 9.80. The van der Waals surface area contributed by atoms with Crippen LogP contribution >= 0.6 is 27.5 Å². The van der Waals surface area contributed by atoms with Gasteiger partial charge in [-0.3, -0.25) is 0 Å². The topological polar surface area (TPSA) is 9.23 Å². The highest BCUT2D eigenvalue weighted by molar-refractivity contribution is 9.10. The fraction of sp³-hybridized carbons (Fsp3) is 0.143. The van der Waals surface area contributed by atoms with Crippen molar-refractivity contribution in [3.8, 4) is 5.75 Å². The summed E-state index contributed by atoms with van der Waals surface area (Å²) in [4.78, 5) is 0. The van der Waals surface area contributed by atoms with Gasteiger partial charge in [0, 0.05) is 10.0 Å². The molecular weight excluding hydrogens is 338 g/mol. The summed E-state index contributed by atoms with van der Waals surface area (Å²) in [7, 11) is 0. The first-order chi connectivity index (χ1) is 9.08. The van der Waals surface area contributed by atoms with Gasteiger partial charge in [-0.05, 0) is 42.0 Å². The van der Waals surface area contributed by atoms with Crippen LogP contribution in [0.2, 0.25) is 0 Å². The van der Waals surface area contributed by atoms with Crippen LogP contribution in [0.1, 0.15) is 11.1 Å². The van der Waals surface area contributed by atoms with Gasteiger partial charge < -0.3 is 4.74 Å². The highest BCUT2D eigenvalue weighted by Gasteiger charge is 2.06. The first-order valence-corrected chi connectivity index (χ1v) is 6.83. The lowest BCUT2D eigenvalue weighted by molar-refractivity contribution is 0.302. The predicted molar refractivity (Wildman–Crippen MR) is 74.4 cm³/mol. The monoisotopic (exact) mass is 346 g/mol. The maximum Gasteiger partial charge on any atom is 0.124 e. The zero-order chi connectivity index (χ0) is 13.8. The van der Waals surface area contributed by atoms with Crippen molar-refractivity contribution in [1.82, 2.24) is 0 Å². The summed E-state index contributed by atoms with van der Waals surface area (Å²) in [5.74, 6) is -0.0575. The Morgan fingerprint density at radius 3 is 2.53 bits per heavy atom. The second-order valence-corrected chi connectivity index (χ2v) is 5.13. The quantitative estimate of drug-likeness (QED) is 0.704. The third kappa shape index (κ3) is 3.91. The number of rotatable bonds is 4. The van der Waals surface area contributed by atoms with Gasteiger partial charge in [-0.25, -0.2) is 8.78 Å². The Balaban J connectivity index is 2.14. The zero-order valence-corrected chi connectivity index (χ0v) is 12.1. The van der Waals surface area contributed by atoms with Crippen LogP contribution in [0.4, 0.5) is 8.78 Å². The largest absolute Gasteiger partial charge is 0.489 e. The van der Waals surface area contributed by atoms with Crippen molar-refractivity contribution in [3.63, 3.8) is 0 Å². The molecule has 0 aromatic heterocycles. The molecule has 100 valence electrons. The SMILES string of the molecule is Fc1cc(Br)cc(COc2ccc(F)cc2CCl)c1. The molecule has 0 bridgehead atoms. The fourth-order valence-electron chi connectivity index (χ4n) is 1.65. The van der Waals surface area contributed by atoms with Gasteiger partial charge in [0.05, 0.1) is 5.88 Å². The highest BCUT2D eigenvalue weighted by Crippen LogP contribution is 2.23. The standard InChI is InChI=1S/C14H10BrClF2O/c15-11-3-9(4-13(18)6-11)8-19-14-2-1-12(17)5-10(14)7-16/h1-6H,7-8H2. The van der Waals surface area contributed by atoms with E-state index in [2.05, 4.69) is 15.9 Å². The van der Waals surface area contributed by atoms with Crippen molar-refractivity contribution in [2.24, 2.45) is 0 Å². The number of ether oxygens (including phenoxy) is 1. The van der Waals surface area contributed by atoms with Gasteiger partial charge in [0.1, 0.15) is 24.0 Å². The van der Waals surface area contributed by atoms with Crippen LogP contribution in [0, 0.1) is 11.6 Å². The average Bonchev–Trinajstić information content (AvgIpc) is 2.36. The maximum atomic E-state index is 13.2. The minimum atomic E-state index is -0.364. The van der Waals surface area contributed by atoms with E-state index in [-0.39, 0.29) is 24.1 Å². The molecule has 0 unspecified atom stereocenters. The molecule has 2 aromatic rings. The molecule has 5 heteroatoms.